The molecule has 1 atom stereocenters. The van der Waals surface area contributed by atoms with Crippen molar-refractivity contribution in [3.8, 4) is 0 Å². The number of alkyl halides is 3. The zero-order valence-corrected chi connectivity index (χ0v) is 11.8. The number of aromatic carboxylic acids is 1. The maximum absolute atomic E-state index is 12.7. The van der Waals surface area contributed by atoms with Crippen LogP contribution in [0.1, 0.15) is 36.7 Å². The van der Waals surface area contributed by atoms with Crippen molar-refractivity contribution in [2.24, 2.45) is 11.8 Å². The quantitative estimate of drug-likeness (QED) is 0.892. The largest absolute Gasteiger partial charge is 0.478 e. The molecule has 116 valence electrons. The second-order valence-electron chi connectivity index (χ2n) is 5.09. The van der Waals surface area contributed by atoms with Crippen LogP contribution in [-0.4, -0.2) is 17.0 Å². The third-order valence-corrected chi connectivity index (χ3v) is 3.25. The van der Waals surface area contributed by atoms with E-state index in [9.17, 15) is 22.8 Å². The molecule has 0 saturated carbocycles. The van der Waals surface area contributed by atoms with E-state index in [1.54, 1.807) is 20.8 Å². The molecule has 21 heavy (non-hydrogen) atoms. The van der Waals surface area contributed by atoms with Gasteiger partial charge in [-0.15, -0.1) is 0 Å². The lowest BCUT2D eigenvalue weighted by molar-refractivity contribution is -0.137. The molecule has 0 heterocycles. The second kappa shape index (κ2) is 6.15. The summed E-state index contributed by atoms with van der Waals surface area (Å²) in [6, 6.07) is 2.14. The molecule has 2 N–H and O–H groups in total. The third kappa shape index (κ3) is 4.21. The maximum atomic E-state index is 12.7. The van der Waals surface area contributed by atoms with E-state index < -0.39 is 29.5 Å². The van der Waals surface area contributed by atoms with Crippen LogP contribution in [0.15, 0.2) is 18.2 Å². The van der Waals surface area contributed by atoms with E-state index in [-0.39, 0.29) is 17.2 Å². The van der Waals surface area contributed by atoms with Crippen LogP contribution in [0, 0.1) is 11.8 Å². The Hall–Kier alpha value is -2.05. The smallest absolute Gasteiger partial charge is 0.416 e. The first kappa shape index (κ1) is 17.0. The van der Waals surface area contributed by atoms with E-state index in [1.165, 1.54) is 0 Å². The highest BCUT2D eigenvalue weighted by Gasteiger charge is 2.32. The standard InChI is InChI=1S/C14H16F3NO3/c1-7(2)8(3)12(19)18-11-6-9(14(15,16)17)4-5-10(11)13(20)21/h4-8H,1-3H3,(H,18,19)(H,20,21). The van der Waals surface area contributed by atoms with Gasteiger partial charge in [0, 0.05) is 5.92 Å². The minimum absolute atomic E-state index is 0.0240. The normalized spacial score (nSPS) is 13.1. The highest BCUT2D eigenvalue weighted by atomic mass is 19.4. The summed E-state index contributed by atoms with van der Waals surface area (Å²) in [5, 5.41) is 11.3. The van der Waals surface area contributed by atoms with Gasteiger partial charge in [0.1, 0.15) is 0 Å². The van der Waals surface area contributed by atoms with Gasteiger partial charge in [-0.1, -0.05) is 20.8 Å². The van der Waals surface area contributed by atoms with Crippen LogP contribution < -0.4 is 5.32 Å². The molecule has 0 aliphatic heterocycles. The number of carboxylic acid groups (broad SMARTS) is 1. The number of carboxylic acids is 1. The number of benzene rings is 1. The van der Waals surface area contributed by atoms with Crippen molar-refractivity contribution in [1.29, 1.82) is 0 Å². The van der Waals surface area contributed by atoms with Crippen molar-refractivity contribution in [3.05, 3.63) is 29.3 Å². The lowest BCUT2D eigenvalue weighted by Gasteiger charge is -2.17. The fraction of sp³-hybridized carbons (Fsp3) is 0.429. The van der Waals surface area contributed by atoms with E-state index in [4.69, 9.17) is 5.11 Å². The van der Waals surface area contributed by atoms with Crippen molar-refractivity contribution < 1.29 is 27.9 Å². The number of rotatable bonds is 4. The summed E-state index contributed by atoms with van der Waals surface area (Å²) in [6.07, 6.45) is -4.61. The summed E-state index contributed by atoms with van der Waals surface area (Å²) in [5.41, 5.74) is -1.75. The molecule has 0 aromatic heterocycles. The summed E-state index contributed by atoms with van der Waals surface area (Å²) in [4.78, 5) is 22.9. The zero-order chi connectivity index (χ0) is 16.4. The van der Waals surface area contributed by atoms with Gasteiger partial charge in [-0.05, 0) is 24.1 Å². The summed E-state index contributed by atoms with van der Waals surface area (Å²) >= 11 is 0. The Morgan fingerprint density at radius 2 is 1.76 bits per heavy atom. The molecule has 0 fully saturated rings. The van der Waals surface area contributed by atoms with E-state index in [2.05, 4.69) is 5.32 Å². The first-order valence-corrected chi connectivity index (χ1v) is 6.29. The Labute approximate surface area is 120 Å². The molecule has 0 aliphatic rings. The van der Waals surface area contributed by atoms with Gasteiger partial charge in [-0.2, -0.15) is 13.2 Å². The highest BCUT2D eigenvalue weighted by molar-refractivity contribution is 6.01. The molecule has 1 amide bonds. The number of hydrogen-bond acceptors (Lipinski definition) is 2. The molecule has 0 bridgehead atoms. The van der Waals surface area contributed by atoms with Gasteiger partial charge in [0.2, 0.25) is 5.91 Å². The Bertz CT molecular complexity index is 553. The molecule has 0 aliphatic carbocycles. The van der Waals surface area contributed by atoms with Gasteiger partial charge < -0.3 is 10.4 Å². The second-order valence-corrected chi connectivity index (χ2v) is 5.09. The Kier molecular flexibility index (Phi) is 4.98. The first-order chi connectivity index (χ1) is 9.54. The van der Waals surface area contributed by atoms with Gasteiger partial charge in [0.05, 0.1) is 16.8 Å². The van der Waals surface area contributed by atoms with E-state index >= 15 is 0 Å². The fourth-order valence-electron chi connectivity index (χ4n) is 1.56. The van der Waals surface area contributed by atoms with Crippen molar-refractivity contribution in [2.75, 3.05) is 5.32 Å². The van der Waals surface area contributed by atoms with Crippen molar-refractivity contribution in [2.45, 2.75) is 26.9 Å². The molecule has 0 radical (unpaired) electrons. The molecule has 1 aromatic rings. The zero-order valence-electron chi connectivity index (χ0n) is 11.8. The van der Waals surface area contributed by atoms with Crippen molar-refractivity contribution in [3.63, 3.8) is 0 Å². The average Bonchev–Trinajstić information content (AvgIpc) is 2.36. The number of anilines is 1. The molecular weight excluding hydrogens is 287 g/mol. The molecule has 4 nitrogen and oxygen atoms in total. The van der Waals surface area contributed by atoms with Crippen LogP contribution in [0.3, 0.4) is 0 Å². The highest BCUT2D eigenvalue weighted by Crippen LogP contribution is 2.32. The molecular formula is C14H16F3NO3. The number of nitrogens with one attached hydrogen (secondary N) is 1. The summed E-state index contributed by atoms with van der Waals surface area (Å²) in [5.74, 6) is -2.41. The van der Waals surface area contributed by atoms with Gasteiger partial charge >= 0.3 is 12.1 Å². The molecule has 1 aromatic carbocycles. The maximum Gasteiger partial charge on any atom is 0.416 e. The van der Waals surface area contributed by atoms with Crippen LogP contribution in [0.4, 0.5) is 18.9 Å². The summed E-state index contributed by atoms with van der Waals surface area (Å²) in [7, 11) is 0. The minimum atomic E-state index is -4.61. The van der Waals surface area contributed by atoms with Crippen LogP contribution in [-0.2, 0) is 11.0 Å². The minimum Gasteiger partial charge on any atom is -0.478 e. The number of hydrogen-bond donors (Lipinski definition) is 2. The van der Waals surface area contributed by atoms with E-state index in [0.717, 1.165) is 6.07 Å². The Morgan fingerprint density at radius 1 is 1.19 bits per heavy atom. The molecule has 7 heteroatoms. The molecule has 1 rings (SSSR count). The predicted octanol–water partition coefficient (Wildman–Crippen LogP) is 3.63. The topological polar surface area (TPSA) is 66.4 Å². The van der Waals surface area contributed by atoms with E-state index in [1.807, 2.05) is 0 Å². The summed E-state index contributed by atoms with van der Waals surface area (Å²) in [6.45, 7) is 5.19. The van der Waals surface area contributed by atoms with Gasteiger partial charge in [0.15, 0.2) is 0 Å². The number of carbonyl (C=O) groups excluding carboxylic acids is 1. The molecule has 0 saturated heterocycles. The Balaban J connectivity index is 3.19. The monoisotopic (exact) mass is 303 g/mol. The third-order valence-electron chi connectivity index (χ3n) is 3.25. The number of carbonyl (C=O) groups is 2. The lowest BCUT2D eigenvalue weighted by Crippen LogP contribution is -2.25. The van der Waals surface area contributed by atoms with E-state index in [0.29, 0.717) is 12.1 Å². The first-order valence-electron chi connectivity index (χ1n) is 6.29. The predicted molar refractivity (Wildman–Crippen MR) is 71.0 cm³/mol. The summed E-state index contributed by atoms with van der Waals surface area (Å²) < 4.78 is 38.0. The lowest BCUT2D eigenvalue weighted by atomic mass is 9.97. The van der Waals surface area contributed by atoms with Crippen LogP contribution >= 0.6 is 0 Å². The van der Waals surface area contributed by atoms with Crippen molar-refractivity contribution >= 4 is 17.6 Å². The number of halogens is 3. The van der Waals surface area contributed by atoms with Gasteiger partial charge in [0.25, 0.3) is 0 Å². The fourth-order valence-corrected chi connectivity index (χ4v) is 1.56. The molecule has 1 unspecified atom stereocenters. The van der Waals surface area contributed by atoms with Crippen LogP contribution in [0.25, 0.3) is 0 Å². The SMILES string of the molecule is CC(C)C(C)C(=O)Nc1cc(C(F)(F)F)ccc1C(=O)O. The van der Waals surface area contributed by atoms with Crippen LogP contribution in [0.2, 0.25) is 0 Å². The molecule has 0 spiro atoms. The van der Waals surface area contributed by atoms with Gasteiger partial charge in [-0.3, -0.25) is 4.79 Å². The average molecular weight is 303 g/mol. The van der Waals surface area contributed by atoms with Crippen molar-refractivity contribution in [1.82, 2.24) is 0 Å². The van der Waals surface area contributed by atoms with Gasteiger partial charge in [-0.25, -0.2) is 4.79 Å². The van der Waals surface area contributed by atoms with Crippen LogP contribution in [0.5, 0.6) is 0 Å². The number of amides is 1. The Morgan fingerprint density at radius 3 is 2.19 bits per heavy atom.